The minimum atomic E-state index is -0.311. The Bertz CT molecular complexity index is 426. The largest absolute Gasteiger partial charge is 0.382 e. The second-order valence-electron chi connectivity index (χ2n) is 3.59. The van der Waals surface area contributed by atoms with E-state index >= 15 is 0 Å². The molecule has 1 aromatic rings. The normalized spacial score (nSPS) is 9.56. The first kappa shape index (κ1) is 14.0. The third kappa shape index (κ3) is 4.85. The summed E-state index contributed by atoms with van der Waals surface area (Å²) in [6.07, 6.45) is 0.765. The van der Waals surface area contributed by atoms with Crippen molar-refractivity contribution in [3.63, 3.8) is 0 Å². The van der Waals surface area contributed by atoms with Crippen LogP contribution in [0.5, 0.6) is 0 Å². The number of nitriles is 1. The topological polar surface area (TPSA) is 74.2 Å². The Morgan fingerprint density at radius 1 is 1.44 bits per heavy atom. The van der Waals surface area contributed by atoms with E-state index in [1.165, 1.54) is 0 Å². The van der Waals surface area contributed by atoms with Gasteiger partial charge in [-0.1, -0.05) is 12.1 Å². The van der Waals surface area contributed by atoms with Crippen LogP contribution in [0.2, 0.25) is 0 Å². The van der Waals surface area contributed by atoms with E-state index in [1.54, 1.807) is 24.3 Å². The highest BCUT2D eigenvalue weighted by molar-refractivity contribution is 5.90. The Labute approximate surface area is 107 Å². The molecule has 5 heteroatoms. The highest BCUT2D eigenvalue weighted by Crippen LogP contribution is 2.12. The zero-order chi connectivity index (χ0) is 13.2. The van der Waals surface area contributed by atoms with Crippen molar-refractivity contribution in [2.24, 2.45) is 0 Å². The van der Waals surface area contributed by atoms with Crippen molar-refractivity contribution in [3.05, 3.63) is 29.8 Å². The minimum absolute atomic E-state index is 0.311. The molecule has 0 unspecified atom stereocenters. The smallest absolute Gasteiger partial charge is 0.319 e. The summed E-state index contributed by atoms with van der Waals surface area (Å²) < 4.78 is 5.16. The SMILES string of the molecule is CCOCCCNC(=O)Nc1ccccc1C#N. The summed E-state index contributed by atoms with van der Waals surface area (Å²) in [7, 11) is 0. The molecule has 18 heavy (non-hydrogen) atoms. The van der Waals surface area contributed by atoms with Gasteiger partial charge in [0.25, 0.3) is 0 Å². The van der Waals surface area contributed by atoms with E-state index in [2.05, 4.69) is 10.6 Å². The average Bonchev–Trinajstić information content (AvgIpc) is 2.39. The number of rotatable bonds is 6. The Balaban J connectivity index is 2.34. The van der Waals surface area contributed by atoms with E-state index in [0.717, 1.165) is 6.42 Å². The van der Waals surface area contributed by atoms with Crippen molar-refractivity contribution in [1.29, 1.82) is 5.26 Å². The van der Waals surface area contributed by atoms with Crippen LogP contribution in [0, 0.1) is 11.3 Å². The van der Waals surface area contributed by atoms with Gasteiger partial charge in [0.15, 0.2) is 0 Å². The third-order valence-electron chi connectivity index (χ3n) is 2.25. The molecule has 0 radical (unpaired) electrons. The zero-order valence-corrected chi connectivity index (χ0v) is 10.4. The molecular formula is C13H17N3O2. The minimum Gasteiger partial charge on any atom is -0.382 e. The van der Waals surface area contributed by atoms with E-state index in [0.29, 0.717) is 31.0 Å². The molecule has 0 heterocycles. The molecule has 2 amide bonds. The molecule has 0 aliphatic rings. The number of hydrogen-bond acceptors (Lipinski definition) is 3. The quantitative estimate of drug-likeness (QED) is 0.756. The van der Waals surface area contributed by atoms with Crippen LogP contribution in [0.15, 0.2) is 24.3 Å². The lowest BCUT2D eigenvalue weighted by molar-refractivity contribution is 0.145. The molecule has 1 rings (SSSR count). The van der Waals surface area contributed by atoms with Crippen molar-refractivity contribution >= 4 is 11.7 Å². The predicted molar refractivity (Wildman–Crippen MR) is 69.3 cm³/mol. The monoisotopic (exact) mass is 247 g/mol. The van der Waals surface area contributed by atoms with Gasteiger partial charge in [-0.25, -0.2) is 4.79 Å². The van der Waals surface area contributed by atoms with Crippen LogP contribution in [0.3, 0.4) is 0 Å². The van der Waals surface area contributed by atoms with Crippen molar-refractivity contribution in [2.45, 2.75) is 13.3 Å². The summed E-state index contributed by atoms with van der Waals surface area (Å²) in [5.74, 6) is 0. The summed E-state index contributed by atoms with van der Waals surface area (Å²) in [5.41, 5.74) is 0.962. The molecule has 0 saturated heterocycles. The molecule has 0 atom stereocenters. The van der Waals surface area contributed by atoms with Crippen LogP contribution in [0.4, 0.5) is 10.5 Å². The van der Waals surface area contributed by atoms with Crippen molar-refractivity contribution < 1.29 is 9.53 Å². The van der Waals surface area contributed by atoms with Crippen molar-refractivity contribution in [3.8, 4) is 6.07 Å². The number of carbonyl (C=O) groups excluding carboxylic acids is 1. The highest BCUT2D eigenvalue weighted by Gasteiger charge is 2.04. The van der Waals surface area contributed by atoms with Gasteiger partial charge in [0.05, 0.1) is 11.3 Å². The molecule has 96 valence electrons. The third-order valence-corrected chi connectivity index (χ3v) is 2.25. The molecule has 0 fully saturated rings. The fourth-order valence-corrected chi connectivity index (χ4v) is 1.38. The Kier molecular flexibility index (Phi) is 6.30. The van der Waals surface area contributed by atoms with E-state index < -0.39 is 0 Å². The van der Waals surface area contributed by atoms with Gasteiger partial charge < -0.3 is 15.4 Å². The van der Waals surface area contributed by atoms with Gasteiger partial charge in [-0.3, -0.25) is 0 Å². The number of nitrogens with one attached hydrogen (secondary N) is 2. The van der Waals surface area contributed by atoms with Gasteiger partial charge in [0, 0.05) is 19.8 Å². The number of anilines is 1. The molecule has 2 N–H and O–H groups in total. The number of para-hydroxylation sites is 1. The number of amides is 2. The second kappa shape index (κ2) is 8.09. The summed E-state index contributed by atoms with van der Waals surface area (Å²) in [5, 5.41) is 14.2. The molecule has 0 saturated carbocycles. The van der Waals surface area contributed by atoms with Gasteiger partial charge in [0.2, 0.25) is 0 Å². The van der Waals surface area contributed by atoms with Crippen LogP contribution in [0.1, 0.15) is 18.9 Å². The average molecular weight is 247 g/mol. The van der Waals surface area contributed by atoms with Gasteiger partial charge >= 0.3 is 6.03 Å². The fourth-order valence-electron chi connectivity index (χ4n) is 1.38. The maximum atomic E-state index is 11.5. The molecule has 0 bridgehead atoms. The molecule has 0 aliphatic carbocycles. The standard InChI is InChI=1S/C13H17N3O2/c1-2-18-9-5-8-15-13(17)16-12-7-4-3-6-11(12)10-14/h3-4,6-7H,2,5,8-9H2,1H3,(H2,15,16,17). The lowest BCUT2D eigenvalue weighted by atomic mass is 10.2. The molecule has 1 aromatic carbocycles. The summed E-state index contributed by atoms with van der Waals surface area (Å²) in [4.78, 5) is 11.5. The predicted octanol–water partition coefficient (Wildman–Crippen LogP) is 2.11. The Morgan fingerprint density at radius 2 is 2.22 bits per heavy atom. The summed E-state index contributed by atoms with van der Waals surface area (Å²) in [6.45, 7) is 3.78. The first-order chi connectivity index (χ1) is 8.77. The van der Waals surface area contributed by atoms with Crippen molar-refractivity contribution in [1.82, 2.24) is 5.32 Å². The van der Waals surface area contributed by atoms with E-state index in [9.17, 15) is 4.79 Å². The number of carbonyl (C=O) groups is 1. The lowest BCUT2D eigenvalue weighted by Gasteiger charge is -2.08. The fraction of sp³-hybridized carbons (Fsp3) is 0.385. The number of benzene rings is 1. The first-order valence-electron chi connectivity index (χ1n) is 5.89. The maximum Gasteiger partial charge on any atom is 0.319 e. The van der Waals surface area contributed by atoms with Gasteiger partial charge in [-0.2, -0.15) is 5.26 Å². The van der Waals surface area contributed by atoms with Gasteiger partial charge in [-0.05, 0) is 25.5 Å². The second-order valence-corrected chi connectivity index (χ2v) is 3.59. The lowest BCUT2D eigenvalue weighted by Crippen LogP contribution is -2.30. The van der Waals surface area contributed by atoms with Crippen molar-refractivity contribution in [2.75, 3.05) is 25.1 Å². The summed E-state index contributed by atoms with van der Waals surface area (Å²) >= 11 is 0. The van der Waals surface area contributed by atoms with Gasteiger partial charge in [-0.15, -0.1) is 0 Å². The number of hydrogen-bond donors (Lipinski definition) is 2. The Hall–Kier alpha value is -2.06. The number of urea groups is 1. The maximum absolute atomic E-state index is 11.5. The zero-order valence-electron chi connectivity index (χ0n) is 10.4. The molecular weight excluding hydrogens is 230 g/mol. The van der Waals surface area contributed by atoms with E-state index in [1.807, 2.05) is 13.0 Å². The summed E-state index contributed by atoms with van der Waals surface area (Å²) in [6, 6.07) is 8.58. The molecule has 0 aromatic heterocycles. The Morgan fingerprint density at radius 3 is 2.94 bits per heavy atom. The van der Waals surface area contributed by atoms with Gasteiger partial charge in [0.1, 0.15) is 6.07 Å². The van der Waals surface area contributed by atoms with E-state index in [-0.39, 0.29) is 6.03 Å². The van der Waals surface area contributed by atoms with Crippen LogP contribution in [-0.2, 0) is 4.74 Å². The molecule has 5 nitrogen and oxygen atoms in total. The van der Waals surface area contributed by atoms with Crippen LogP contribution in [-0.4, -0.2) is 25.8 Å². The number of ether oxygens (including phenoxy) is 1. The van der Waals surface area contributed by atoms with Crippen LogP contribution < -0.4 is 10.6 Å². The van der Waals surface area contributed by atoms with Crippen LogP contribution in [0.25, 0.3) is 0 Å². The van der Waals surface area contributed by atoms with E-state index in [4.69, 9.17) is 10.00 Å². The first-order valence-corrected chi connectivity index (χ1v) is 5.89. The molecule has 0 aliphatic heterocycles. The highest BCUT2D eigenvalue weighted by atomic mass is 16.5. The van der Waals surface area contributed by atoms with Crippen LogP contribution >= 0.6 is 0 Å². The number of nitrogens with zero attached hydrogens (tertiary/aromatic N) is 1. The molecule has 0 spiro atoms.